The number of aryl methyl sites for hydroxylation is 1. The quantitative estimate of drug-likeness (QED) is 0.151. The van der Waals surface area contributed by atoms with Gasteiger partial charge in [0, 0.05) is 0 Å². The molecule has 46 heavy (non-hydrogen) atoms. The number of anilines is 2. The van der Waals surface area contributed by atoms with Crippen LogP contribution in [0.5, 0.6) is 11.8 Å². The Labute approximate surface area is 263 Å². The third-order valence-corrected chi connectivity index (χ3v) is 7.60. The standard InChI is InChI=1S/C30H27F5N6O4S/c1-16(2)21-12-22(31)17(3)10-25(21)41-26(42)14-46-29(41)38-27(43)37-24-9-4-18(11-23(24)32)13-44-28-36-15-40(39-28)19-5-7-20(8-6-19)45-30(33,34)35/h4-12,15-16,27,37,43H,13-14H2,1-3H3. The lowest BCUT2D eigenvalue weighted by molar-refractivity contribution is -0.274. The van der Waals surface area contributed by atoms with Crippen molar-refractivity contribution in [2.75, 3.05) is 16.0 Å². The molecule has 1 amide bonds. The van der Waals surface area contributed by atoms with Crippen LogP contribution in [-0.2, 0) is 11.4 Å². The third-order valence-electron chi connectivity index (χ3n) is 6.66. The molecule has 2 heterocycles. The molecule has 16 heteroatoms. The number of nitrogens with one attached hydrogen (secondary N) is 1. The Bertz CT molecular complexity index is 1760. The fourth-order valence-corrected chi connectivity index (χ4v) is 5.35. The van der Waals surface area contributed by atoms with E-state index in [1.807, 2.05) is 13.8 Å². The summed E-state index contributed by atoms with van der Waals surface area (Å²) in [4.78, 5) is 22.3. The van der Waals surface area contributed by atoms with Crippen molar-refractivity contribution in [3.05, 3.63) is 89.2 Å². The number of amidine groups is 1. The van der Waals surface area contributed by atoms with Gasteiger partial charge in [0.05, 0.1) is 22.8 Å². The predicted octanol–water partition coefficient (Wildman–Crippen LogP) is 6.28. The van der Waals surface area contributed by atoms with E-state index in [1.165, 1.54) is 52.3 Å². The maximum atomic E-state index is 14.9. The first-order valence-electron chi connectivity index (χ1n) is 13.7. The zero-order chi connectivity index (χ0) is 33.2. The summed E-state index contributed by atoms with van der Waals surface area (Å²) in [6, 6.07) is 12.0. The molecule has 1 saturated heterocycles. The number of thioether (sulfide) groups is 1. The minimum absolute atomic E-state index is 0.0605. The number of aliphatic imine (C=N–C) groups is 1. The van der Waals surface area contributed by atoms with Gasteiger partial charge in [-0.3, -0.25) is 9.69 Å². The molecule has 0 aliphatic carbocycles. The molecule has 0 saturated carbocycles. The van der Waals surface area contributed by atoms with E-state index in [4.69, 9.17) is 4.74 Å². The Morgan fingerprint density at radius 3 is 2.50 bits per heavy atom. The molecular weight excluding hydrogens is 635 g/mol. The van der Waals surface area contributed by atoms with Crippen LogP contribution in [0.3, 0.4) is 0 Å². The van der Waals surface area contributed by atoms with E-state index in [2.05, 4.69) is 25.1 Å². The van der Waals surface area contributed by atoms with Crippen molar-refractivity contribution in [2.45, 2.75) is 46.0 Å². The number of halogens is 5. The minimum Gasteiger partial charge on any atom is -0.458 e. The minimum atomic E-state index is -4.81. The number of carbonyl (C=O) groups is 1. The Hall–Kier alpha value is -4.70. The highest BCUT2D eigenvalue weighted by Crippen LogP contribution is 2.35. The summed E-state index contributed by atoms with van der Waals surface area (Å²) >= 11 is 1.10. The number of hydrogen-bond acceptors (Lipinski definition) is 9. The molecule has 3 aromatic carbocycles. The Morgan fingerprint density at radius 2 is 1.83 bits per heavy atom. The van der Waals surface area contributed by atoms with Crippen molar-refractivity contribution < 1.29 is 41.3 Å². The van der Waals surface area contributed by atoms with Gasteiger partial charge in [-0.15, -0.1) is 18.3 Å². The summed E-state index contributed by atoms with van der Waals surface area (Å²) in [7, 11) is 0. The highest BCUT2D eigenvalue weighted by molar-refractivity contribution is 8.15. The molecule has 0 bridgehead atoms. The molecular formula is C30H27F5N6O4S. The molecule has 1 atom stereocenters. The van der Waals surface area contributed by atoms with Gasteiger partial charge < -0.3 is 19.9 Å². The van der Waals surface area contributed by atoms with Gasteiger partial charge >= 0.3 is 12.4 Å². The van der Waals surface area contributed by atoms with Crippen molar-refractivity contribution >= 4 is 34.2 Å². The number of hydrogen-bond donors (Lipinski definition) is 2. The van der Waals surface area contributed by atoms with E-state index in [-0.39, 0.29) is 46.8 Å². The van der Waals surface area contributed by atoms with E-state index in [1.54, 1.807) is 13.0 Å². The number of amides is 1. The molecule has 1 unspecified atom stereocenters. The Morgan fingerprint density at radius 1 is 1.09 bits per heavy atom. The molecule has 1 aliphatic heterocycles. The number of benzene rings is 3. The molecule has 1 aromatic heterocycles. The number of alkyl halides is 3. The molecule has 1 aliphatic rings. The summed E-state index contributed by atoms with van der Waals surface area (Å²) in [6.45, 7) is 5.22. The van der Waals surface area contributed by atoms with Gasteiger partial charge in [0.15, 0.2) is 5.17 Å². The first-order chi connectivity index (χ1) is 21.8. The van der Waals surface area contributed by atoms with Gasteiger partial charge in [0.25, 0.3) is 0 Å². The lowest BCUT2D eigenvalue weighted by Gasteiger charge is -2.23. The van der Waals surface area contributed by atoms with Crippen molar-refractivity contribution in [1.82, 2.24) is 14.8 Å². The number of carbonyl (C=O) groups excluding carboxylic acids is 1. The number of aliphatic hydroxyl groups is 1. The van der Waals surface area contributed by atoms with Gasteiger partial charge in [0.1, 0.15) is 30.3 Å². The Kier molecular flexibility index (Phi) is 9.48. The predicted molar refractivity (Wildman–Crippen MR) is 161 cm³/mol. The summed E-state index contributed by atoms with van der Waals surface area (Å²) in [5, 5.41) is 17.5. The molecule has 0 spiro atoms. The van der Waals surface area contributed by atoms with Gasteiger partial charge in [-0.1, -0.05) is 31.7 Å². The second-order valence-corrected chi connectivity index (χ2v) is 11.3. The lowest BCUT2D eigenvalue weighted by atomic mass is 9.98. The van der Waals surface area contributed by atoms with E-state index in [0.29, 0.717) is 28.1 Å². The normalized spacial score (nSPS) is 15.1. The van der Waals surface area contributed by atoms with E-state index in [9.17, 15) is 31.9 Å². The molecule has 1 fully saturated rings. The van der Waals surface area contributed by atoms with Crippen LogP contribution in [0.2, 0.25) is 0 Å². The van der Waals surface area contributed by atoms with Crippen molar-refractivity contribution in [2.24, 2.45) is 4.99 Å². The number of nitrogens with zero attached hydrogens (tertiary/aromatic N) is 5. The third kappa shape index (κ3) is 7.74. The zero-order valence-corrected chi connectivity index (χ0v) is 25.4. The molecule has 2 N–H and O–H groups in total. The van der Waals surface area contributed by atoms with E-state index < -0.39 is 24.3 Å². The van der Waals surface area contributed by atoms with Crippen LogP contribution >= 0.6 is 11.8 Å². The van der Waals surface area contributed by atoms with Crippen LogP contribution in [0.1, 0.15) is 36.5 Å². The molecule has 4 aromatic rings. The summed E-state index contributed by atoms with van der Waals surface area (Å²) in [5.74, 6) is -1.82. The smallest absolute Gasteiger partial charge is 0.458 e. The van der Waals surface area contributed by atoms with Crippen LogP contribution in [0.25, 0.3) is 5.69 Å². The lowest BCUT2D eigenvalue weighted by Crippen LogP contribution is -2.32. The second kappa shape index (κ2) is 13.3. The van der Waals surface area contributed by atoms with Crippen LogP contribution < -0.4 is 19.7 Å². The van der Waals surface area contributed by atoms with Crippen LogP contribution in [0.4, 0.5) is 33.3 Å². The summed E-state index contributed by atoms with van der Waals surface area (Å²) in [5.41, 5.74) is 2.17. The average Bonchev–Trinajstić information content (AvgIpc) is 3.60. The number of ether oxygens (including phenoxy) is 2. The number of aromatic nitrogens is 3. The maximum Gasteiger partial charge on any atom is 0.573 e. The topological polar surface area (TPSA) is 114 Å². The fourth-order valence-electron chi connectivity index (χ4n) is 4.46. The first-order valence-corrected chi connectivity index (χ1v) is 14.7. The highest BCUT2D eigenvalue weighted by Gasteiger charge is 2.33. The summed E-state index contributed by atoms with van der Waals surface area (Å²) in [6.07, 6.45) is -5.12. The monoisotopic (exact) mass is 662 g/mol. The summed E-state index contributed by atoms with van der Waals surface area (Å²) < 4.78 is 77.0. The molecule has 242 valence electrons. The van der Waals surface area contributed by atoms with Crippen LogP contribution in [-0.4, -0.2) is 49.4 Å². The Balaban J connectivity index is 1.22. The van der Waals surface area contributed by atoms with Gasteiger partial charge in [-0.25, -0.2) is 18.5 Å². The van der Waals surface area contributed by atoms with E-state index in [0.717, 1.165) is 23.9 Å². The van der Waals surface area contributed by atoms with Gasteiger partial charge in [-0.05, 0) is 78.1 Å². The molecule has 0 radical (unpaired) electrons. The average molecular weight is 663 g/mol. The van der Waals surface area contributed by atoms with Crippen molar-refractivity contribution in [3.63, 3.8) is 0 Å². The first kappa shape index (κ1) is 32.7. The van der Waals surface area contributed by atoms with Crippen molar-refractivity contribution in [1.29, 1.82) is 0 Å². The number of rotatable bonds is 10. The van der Waals surface area contributed by atoms with Crippen LogP contribution in [0.15, 0.2) is 65.9 Å². The largest absolute Gasteiger partial charge is 0.573 e. The number of aliphatic hydroxyl groups excluding tert-OH is 1. The SMILES string of the molecule is Cc1cc(N2C(=O)CSC2=NC(O)Nc2ccc(COc3ncn(-c4ccc(OC(F)(F)F)cc4)n3)cc2F)c(C(C)C)cc1F. The maximum absolute atomic E-state index is 14.9. The van der Waals surface area contributed by atoms with Crippen molar-refractivity contribution in [3.8, 4) is 17.4 Å². The molecule has 10 nitrogen and oxygen atoms in total. The molecule has 5 rings (SSSR count). The zero-order valence-electron chi connectivity index (χ0n) is 24.5. The van der Waals surface area contributed by atoms with E-state index >= 15 is 0 Å². The van der Waals surface area contributed by atoms with Gasteiger partial charge in [0.2, 0.25) is 12.3 Å². The second-order valence-electron chi connectivity index (χ2n) is 10.4. The fraction of sp³-hybridized carbons (Fsp3) is 0.267. The van der Waals surface area contributed by atoms with Gasteiger partial charge in [-0.2, -0.15) is 4.98 Å². The highest BCUT2D eigenvalue weighted by atomic mass is 32.2. The van der Waals surface area contributed by atoms with Crippen LogP contribution in [0, 0.1) is 18.6 Å².